The number of fused-ring (bicyclic) bond motifs is 1. The van der Waals surface area contributed by atoms with Gasteiger partial charge >= 0.3 is 6.36 Å². The molecule has 0 spiro atoms. The summed E-state index contributed by atoms with van der Waals surface area (Å²) < 4.78 is 101. The fourth-order valence-corrected chi connectivity index (χ4v) is 5.81. The number of nitrogens with zero attached hydrogens (tertiary/aromatic N) is 2. The number of pyridine rings is 1. The summed E-state index contributed by atoms with van der Waals surface area (Å²) in [5.74, 6) is -0.972. The Morgan fingerprint density at radius 1 is 1.06 bits per heavy atom. The fourth-order valence-electron chi connectivity index (χ4n) is 3.36. The van der Waals surface area contributed by atoms with Crippen molar-refractivity contribution < 1.29 is 39.5 Å². The molecule has 0 fully saturated rings. The molecule has 0 aliphatic rings. The number of sulfonamides is 1. The van der Waals surface area contributed by atoms with Crippen molar-refractivity contribution in [2.45, 2.75) is 50.1 Å². The van der Waals surface area contributed by atoms with E-state index in [0.717, 1.165) is 6.07 Å². The number of anilines is 1. The van der Waals surface area contributed by atoms with Crippen molar-refractivity contribution in [2.24, 2.45) is 0 Å². The second kappa shape index (κ2) is 9.47. The Kier molecular flexibility index (Phi) is 7.25. The molecule has 0 aliphatic carbocycles. The number of halogens is 3. The first kappa shape index (κ1) is 27.6. The minimum Gasteiger partial charge on any atom is -0.495 e. The average molecular weight is 550 g/mol. The highest BCUT2D eigenvalue weighted by Crippen LogP contribution is 2.37. The maximum absolute atomic E-state index is 13.2. The molecular weight excluding hydrogens is 523 g/mol. The number of ether oxygens (including phenoxy) is 2. The highest BCUT2D eigenvalue weighted by Gasteiger charge is 2.35. The molecule has 0 radical (unpaired) electrons. The second-order valence-electron chi connectivity index (χ2n) is 8.87. The van der Waals surface area contributed by atoms with Gasteiger partial charge in [-0.25, -0.2) is 21.8 Å². The van der Waals surface area contributed by atoms with Gasteiger partial charge in [0.15, 0.2) is 15.6 Å². The van der Waals surface area contributed by atoms with E-state index in [1.165, 1.54) is 62.9 Å². The summed E-state index contributed by atoms with van der Waals surface area (Å²) in [5.41, 5.74) is 0.436. The number of sulfone groups is 1. The number of aromatic nitrogens is 2. The number of alkyl halides is 3. The molecule has 2 heterocycles. The third-order valence-corrected chi connectivity index (χ3v) is 9.10. The molecule has 1 N–H and O–H groups in total. The maximum Gasteiger partial charge on any atom is 0.573 e. The van der Waals surface area contributed by atoms with Crippen LogP contribution in [0, 0.1) is 0 Å². The molecule has 14 heteroatoms. The van der Waals surface area contributed by atoms with Gasteiger partial charge in [0, 0.05) is 17.8 Å². The molecule has 0 unspecified atom stereocenters. The van der Waals surface area contributed by atoms with Gasteiger partial charge in [-0.3, -0.25) is 9.12 Å². The minimum absolute atomic E-state index is 0.0801. The number of hydrogen-bond acceptors (Lipinski definition) is 7. The maximum atomic E-state index is 13.2. The molecule has 3 aromatic rings. The summed E-state index contributed by atoms with van der Waals surface area (Å²) in [6.45, 7) is 6.22. The standard InChI is InChI=1S/C22H26F3N3O6S2/c1-6-9-35(29,30)27-15-10-14(7-8-17(15)34-22(23,24)25)16-12-26-20-11-18(33-5)19(13-28(16)20)36(31,32)21(2,3)4/h7-8,10-13,27H,6,9H2,1-5H3. The first-order valence-electron chi connectivity index (χ1n) is 10.7. The second-order valence-corrected chi connectivity index (χ2v) is 13.4. The monoisotopic (exact) mass is 549 g/mol. The number of methoxy groups -OCH3 is 1. The van der Waals surface area contributed by atoms with Crippen LogP contribution in [0.5, 0.6) is 11.5 Å². The van der Waals surface area contributed by atoms with Crippen LogP contribution in [0.25, 0.3) is 16.9 Å². The number of imidazole rings is 1. The van der Waals surface area contributed by atoms with Gasteiger partial charge in [0.1, 0.15) is 16.3 Å². The number of nitrogens with one attached hydrogen (secondary N) is 1. The zero-order chi connectivity index (χ0) is 27.1. The molecule has 198 valence electrons. The predicted octanol–water partition coefficient (Wildman–Crippen LogP) is 4.63. The molecule has 9 nitrogen and oxygen atoms in total. The van der Waals surface area contributed by atoms with Crippen LogP contribution >= 0.6 is 0 Å². The summed E-state index contributed by atoms with van der Waals surface area (Å²) in [7, 11) is -6.50. The van der Waals surface area contributed by atoms with Crippen molar-refractivity contribution in [3.05, 3.63) is 36.7 Å². The summed E-state index contributed by atoms with van der Waals surface area (Å²) in [6, 6.07) is 4.85. The van der Waals surface area contributed by atoms with E-state index in [1.807, 2.05) is 0 Å². The van der Waals surface area contributed by atoms with Crippen molar-refractivity contribution in [3.8, 4) is 22.8 Å². The summed E-state index contributed by atoms with van der Waals surface area (Å²) in [5, 5.41) is 0. The third kappa shape index (κ3) is 5.69. The lowest BCUT2D eigenvalue weighted by Crippen LogP contribution is -2.28. The van der Waals surface area contributed by atoms with E-state index in [-0.39, 0.29) is 28.4 Å². The molecule has 1 aromatic carbocycles. The molecule has 0 atom stereocenters. The predicted molar refractivity (Wildman–Crippen MR) is 129 cm³/mol. The normalized spacial score (nSPS) is 13.1. The Morgan fingerprint density at radius 2 is 1.72 bits per heavy atom. The highest BCUT2D eigenvalue weighted by atomic mass is 32.2. The van der Waals surface area contributed by atoms with Crippen LogP contribution in [0.2, 0.25) is 0 Å². The van der Waals surface area contributed by atoms with Crippen LogP contribution in [0.15, 0.2) is 41.6 Å². The smallest absolute Gasteiger partial charge is 0.495 e. The van der Waals surface area contributed by atoms with E-state index < -0.39 is 42.4 Å². The van der Waals surface area contributed by atoms with Crippen molar-refractivity contribution in [2.75, 3.05) is 17.6 Å². The van der Waals surface area contributed by atoms with E-state index in [4.69, 9.17) is 4.74 Å². The molecule has 3 rings (SSSR count). The molecule has 0 bridgehead atoms. The molecule has 0 amide bonds. The van der Waals surface area contributed by atoms with Gasteiger partial charge in [-0.1, -0.05) is 6.92 Å². The van der Waals surface area contributed by atoms with Crippen LogP contribution in [0.4, 0.5) is 18.9 Å². The van der Waals surface area contributed by atoms with Crippen molar-refractivity contribution >= 4 is 31.2 Å². The van der Waals surface area contributed by atoms with Gasteiger partial charge in [0.25, 0.3) is 0 Å². The minimum atomic E-state index is -5.05. The van der Waals surface area contributed by atoms with Crippen molar-refractivity contribution in [1.82, 2.24) is 9.38 Å². The topological polar surface area (TPSA) is 116 Å². The Morgan fingerprint density at radius 3 is 2.28 bits per heavy atom. The van der Waals surface area contributed by atoms with E-state index >= 15 is 0 Å². The highest BCUT2D eigenvalue weighted by molar-refractivity contribution is 7.93. The van der Waals surface area contributed by atoms with E-state index in [2.05, 4.69) is 14.4 Å². The SMILES string of the molecule is CCCS(=O)(=O)Nc1cc(-c2cnc3cc(OC)c(S(=O)(=O)C(C)(C)C)cn23)ccc1OC(F)(F)F. The number of hydrogen-bond donors (Lipinski definition) is 1. The van der Waals surface area contributed by atoms with Gasteiger partial charge in [-0.05, 0) is 45.4 Å². The van der Waals surface area contributed by atoms with Gasteiger partial charge in [-0.2, -0.15) is 0 Å². The van der Waals surface area contributed by atoms with E-state index in [1.54, 1.807) is 6.92 Å². The van der Waals surface area contributed by atoms with Gasteiger partial charge in [0.05, 0.1) is 35.2 Å². The van der Waals surface area contributed by atoms with E-state index in [0.29, 0.717) is 11.3 Å². The lowest BCUT2D eigenvalue weighted by molar-refractivity contribution is -0.274. The Bertz CT molecular complexity index is 1490. The van der Waals surface area contributed by atoms with Crippen LogP contribution < -0.4 is 14.2 Å². The third-order valence-electron chi connectivity index (χ3n) is 5.13. The first-order valence-corrected chi connectivity index (χ1v) is 13.8. The zero-order valence-corrected chi connectivity index (χ0v) is 21.8. The number of rotatable bonds is 8. The Labute approximate surface area is 207 Å². The number of benzene rings is 1. The van der Waals surface area contributed by atoms with Crippen molar-refractivity contribution in [1.29, 1.82) is 0 Å². The molecule has 0 aliphatic heterocycles. The van der Waals surface area contributed by atoms with Crippen LogP contribution in [0.3, 0.4) is 0 Å². The van der Waals surface area contributed by atoms with Crippen LogP contribution in [0.1, 0.15) is 34.1 Å². The zero-order valence-electron chi connectivity index (χ0n) is 20.2. The van der Waals surface area contributed by atoms with Gasteiger partial charge in [0.2, 0.25) is 10.0 Å². The summed E-state index contributed by atoms with van der Waals surface area (Å²) >= 11 is 0. The molecular formula is C22H26F3N3O6S2. The summed E-state index contributed by atoms with van der Waals surface area (Å²) in [4.78, 5) is 4.14. The van der Waals surface area contributed by atoms with Gasteiger partial charge in [-0.15, -0.1) is 13.2 Å². The first-order chi connectivity index (χ1) is 16.5. The molecule has 0 saturated heterocycles. The fraction of sp³-hybridized carbons (Fsp3) is 0.409. The Balaban J connectivity index is 2.23. The van der Waals surface area contributed by atoms with Crippen molar-refractivity contribution in [3.63, 3.8) is 0 Å². The molecule has 2 aromatic heterocycles. The molecule has 0 saturated carbocycles. The average Bonchev–Trinajstić information content (AvgIpc) is 3.15. The summed E-state index contributed by atoms with van der Waals surface area (Å²) in [6.07, 6.45) is -2.11. The van der Waals surface area contributed by atoms with E-state index in [9.17, 15) is 30.0 Å². The lowest BCUT2D eigenvalue weighted by atomic mass is 10.1. The Hall–Kier alpha value is -3.00. The quantitative estimate of drug-likeness (QED) is 0.435. The molecule has 36 heavy (non-hydrogen) atoms. The van der Waals surface area contributed by atoms with Crippen LogP contribution in [-0.4, -0.2) is 50.2 Å². The van der Waals surface area contributed by atoms with Gasteiger partial charge < -0.3 is 9.47 Å². The van der Waals surface area contributed by atoms with Crippen LogP contribution in [-0.2, 0) is 19.9 Å². The lowest BCUT2D eigenvalue weighted by Gasteiger charge is -2.21. The largest absolute Gasteiger partial charge is 0.573 e.